The van der Waals surface area contributed by atoms with Crippen LogP contribution in [-0.4, -0.2) is 26.3 Å². The third-order valence-corrected chi connectivity index (χ3v) is 2.51. The van der Waals surface area contributed by atoms with Crippen LogP contribution >= 0.6 is 0 Å². The highest BCUT2D eigenvalue weighted by molar-refractivity contribution is 5.89. The van der Waals surface area contributed by atoms with E-state index in [4.69, 9.17) is 4.74 Å². The summed E-state index contributed by atoms with van der Waals surface area (Å²) in [6.07, 6.45) is 0.876. The second-order valence-corrected chi connectivity index (χ2v) is 3.10. The number of methoxy groups -OCH3 is 1. The summed E-state index contributed by atoms with van der Waals surface area (Å²) < 4.78 is 9.68. The quantitative estimate of drug-likeness (QED) is 0.470. The molecule has 1 rings (SSSR count). The Morgan fingerprint density at radius 2 is 2.25 bits per heavy atom. The van der Waals surface area contributed by atoms with Crippen LogP contribution in [0.25, 0.3) is 0 Å². The van der Waals surface area contributed by atoms with Gasteiger partial charge in [-0.2, -0.15) is 0 Å². The fraction of sp³-hybridized carbons (Fsp3) is 0.667. The van der Waals surface area contributed by atoms with Gasteiger partial charge in [0, 0.05) is 11.0 Å². The second kappa shape index (κ2) is 3.27. The molecule has 1 fully saturated rings. The molecule has 0 radical (unpaired) electrons. The van der Waals surface area contributed by atoms with E-state index in [-0.39, 0.29) is 11.4 Å². The molecule has 12 heavy (non-hydrogen) atoms. The SMILES string of the molecule is C=C(C(=O)OC)C1(CC)COC1. The van der Waals surface area contributed by atoms with Crippen LogP contribution in [0.4, 0.5) is 0 Å². The molecule has 0 bridgehead atoms. The average Bonchev–Trinajstić information content (AvgIpc) is 2.02. The van der Waals surface area contributed by atoms with Crippen LogP contribution in [0.3, 0.4) is 0 Å². The van der Waals surface area contributed by atoms with E-state index < -0.39 is 0 Å². The summed E-state index contributed by atoms with van der Waals surface area (Å²) in [4.78, 5) is 11.1. The Labute approximate surface area is 72.4 Å². The van der Waals surface area contributed by atoms with Crippen molar-refractivity contribution >= 4 is 5.97 Å². The molecule has 0 aromatic rings. The minimum absolute atomic E-state index is 0.146. The summed E-state index contributed by atoms with van der Waals surface area (Å²) in [6, 6.07) is 0. The Morgan fingerprint density at radius 1 is 1.67 bits per heavy atom. The van der Waals surface area contributed by atoms with Crippen molar-refractivity contribution in [3.63, 3.8) is 0 Å². The van der Waals surface area contributed by atoms with Gasteiger partial charge in [-0.3, -0.25) is 0 Å². The summed E-state index contributed by atoms with van der Waals surface area (Å²) in [6.45, 7) is 6.95. The minimum Gasteiger partial charge on any atom is -0.466 e. The molecule has 0 atom stereocenters. The van der Waals surface area contributed by atoms with Gasteiger partial charge in [-0.25, -0.2) is 4.79 Å². The molecule has 3 nitrogen and oxygen atoms in total. The zero-order valence-electron chi connectivity index (χ0n) is 7.55. The maximum Gasteiger partial charge on any atom is 0.333 e. The van der Waals surface area contributed by atoms with Crippen LogP contribution < -0.4 is 0 Å². The lowest BCUT2D eigenvalue weighted by molar-refractivity contribution is -0.144. The van der Waals surface area contributed by atoms with E-state index in [2.05, 4.69) is 11.3 Å². The molecule has 0 aromatic heterocycles. The van der Waals surface area contributed by atoms with E-state index in [1.165, 1.54) is 7.11 Å². The number of carbonyl (C=O) groups is 1. The van der Waals surface area contributed by atoms with Gasteiger partial charge >= 0.3 is 5.97 Å². The largest absolute Gasteiger partial charge is 0.466 e. The van der Waals surface area contributed by atoms with Gasteiger partial charge in [0.05, 0.1) is 20.3 Å². The van der Waals surface area contributed by atoms with E-state index >= 15 is 0 Å². The number of hydrogen-bond acceptors (Lipinski definition) is 3. The van der Waals surface area contributed by atoms with Crippen LogP contribution in [0.1, 0.15) is 13.3 Å². The number of hydrogen-bond donors (Lipinski definition) is 0. The molecule has 0 aliphatic carbocycles. The van der Waals surface area contributed by atoms with Crippen molar-refractivity contribution < 1.29 is 14.3 Å². The van der Waals surface area contributed by atoms with E-state index in [0.29, 0.717) is 18.8 Å². The molecule has 0 unspecified atom stereocenters. The zero-order valence-corrected chi connectivity index (χ0v) is 7.55. The lowest BCUT2D eigenvalue weighted by Gasteiger charge is -2.41. The van der Waals surface area contributed by atoms with E-state index in [0.717, 1.165) is 6.42 Å². The molecular weight excluding hydrogens is 156 g/mol. The minimum atomic E-state index is -0.319. The van der Waals surface area contributed by atoms with E-state index in [1.54, 1.807) is 0 Å². The Morgan fingerprint density at radius 3 is 2.50 bits per heavy atom. The van der Waals surface area contributed by atoms with Crippen molar-refractivity contribution in [1.82, 2.24) is 0 Å². The maximum atomic E-state index is 11.1. The molecule has 0 amide bonds. The second-order valence-electron chi connectivity index (χ2n) is 3.10. The fourth-order valence-corrected chi connectivity index (χ4v) is 1.28. The molecule has 1 aliphatic rings. The van der Waals surface area contributed by atoms with E-state index in [9.17, 15) is 4.79 Å². The molecule has 1 saturated heterocycles. The Balaban J connectivity index is 2.67. The number of esters is 1. The van der Waals surface area contributed by atoms with Crippen molar-refractivity contribution in [2.24, 2.45) is 5.41 Å². The molecule has 68 valence electrons. The van der Waals surface area contributed by atoms with Gasteiger partial charge in [-0.05, 0) is 6.42 Å². The van der Waals surface area contributed by atoms with Gasteiger partial charge in [0.15, 0.2) is 0 Å². The first-order valence-corrected chi connectivity index (χ1v) is 4.02. The first-order valence-electron chi connectivity index (χ1n) is 4.02. The summed E-state index contributed by atoms with van der Waals surface area (Å²) in [7, 11) is 1.37. The summed E-state index contributed by atoms with van der Waals surface area (Å²) in [5.41, 5.74) is 0.395. The molecule has 0 saturated carbocycles. The monoisotopic (exact) mass is 170 g/mol. The van der Waals surface area contributed by atoms with Crippen molar-refractivity contribution in [3.05, 3.63) is 12.2 Å². The number of carbonyl (C=O) groups excluding carboxylic acids is 1. The Bertz CT molecular complexity index is 198. The third kappa shape index (κ3) is 1.25. The number of ether oxygens (including phenoxy) is 2. The molecule has 1 heterocycles. The van der Waals surface area contributed by atoms with Crippen LogP contribution in [0, 0.1) is 5.41 Å². The van der Waals surface area contributed by atoms with Gasteiger partial charge in [0.1, 0.15) is 0 Å². The standard InChI is InChI=1S/C9H14O3/c1-4-9(5-12-6-9)7(2)8(10)11-3/h2,4-6H2,1,3H3. The predicted molar refractivity (Wildman–Crippen MR) is 44.7 cm³/mol. The molecule has 0 aromatic carbocycles. The normalized spacial score (nSPS) is 19.5. The maximum absolute atomic E-state index is 11.1. The first-order chi connectivity index (χ1) is 5.66. The highest BCUT2D eigenvalue weighted by Crippen LogP contribution is 2.38. The van der Waals surface area contributed by atoms with Crippen LogP contribution in [-0.2, 0) is 14.3 Å². The van der Waals surface area contributed by atoms with Gasteiger partial charge in [0.25, 0.3) is 0 Å². The highest BCUT2D eigenvalue weighted by Gasteiger charge is 2.42. The van der Waals surface area contributed by atoms with E-state index in [1.807, 2.05) is 6.92 Å². The Kier molecular flexibility index (Phi) is 2.52. The van der Waals surface area contributed by atoms with Crippen LogP contribution in [0.5, 0.6) is 0 Å². The molecular formula is C9H14O3. The molecule has 1 aliphatic heterocycles. The Hall–Kier alpha value is -0.830. The zero-order chi connectivity index (χ0) is 9.19. The van der Waals surface area contributed by atoms with Gasteiger partial charge in [0.2, 0.25) is 0 Å². The average molecular weight is 170 g/mol. The molecule has 3 heteroatoms. The van der Waals surface area contributed by atoms with Crippen LogP contribution in [0.2, 0.25) is 0 Å². The summed E-state index contributed by atoms with van der Waals surface area (Å²) >= 11 is 0. The summed E-state index contributed by atoms with van der Waals surface area (Å²) in [5.74, 6) is -0.319. The molecule has 0 spiro atoms. The third-order valence-electron chi connectivity index (χ3n) is 2.51. The molecule has 0 N–H and O–H groups in total. The highest BCUT2D eigenvalue weighted by atomic mass is 16.5. The van der Waals surface area contributed by atoms with Crippen molar-refractivity contribution in [3.8, 4) is 0 Å². The van der Waals surface area contributed by atoms with Gasteiger partial charge in [-0.1, -0.05) is 13.5 Å². The first kappa shape index (κ1) is 9.26. The van der Waals surface area contributed by atoms with Crippen molar-refractivity contribution in [2.45, 2.75) is 13.3 Å². The van der Waals surface area contributed by atoms with Gasteiger partial charge < -0.3 is 9.47 Å². The van der Waals surface area contributed by atoms with Crippen molar-refractivity contribution in [1.29, 1.82) is 0 Å². The smallest absolute Gasteiger partial charge is 0.333 e. The summed E-state index contributed by atoms with van der Waals surface area (Å²) in [5, 5.41) is 0. The lowest BCUT2D eigenvalue weighted by Crippen LogP contribution is -2.45. The van der Waals surface area contributed by atoms with Gasteiger partial charge in [-0.15, -0.1) is 0 Å². The predicted octanol–water partition coefficient (Wildman–Crippen LogP) is 1.14. The van der Waals surface area contributed by atoms with Crippen LogP contribution in [0.15, 0.2) is 12.2 Å². The lowest BCUT2D eigenvalue weighted by atomic mass is 9.76. The number of rotatable bonds is 3. The fourth-order valence-electron chi connectivity index (χ4n) is 1.28. The topological polar surface area (TPSA) is 35.5 Å². The van der Waals surface area contributed by atoms with Crippen molar-refractivity contribution in [2.75, 3.05) is 20.3 Å².